The van der Waals surface area contributed by atoms with Crippen LogP contribution in [-0.4, -0.2) is 95.9 Å². The number of hydrogen-bond donors (Lipinski definition) is 4. The molecule has 0 bridgehead atoms. The number of esters is 3. The molecule has 0 amide bonds. The third-order valence-corrected chi connectivity index (χ3v) is 17.8. The Kier molecular flexibility index (Phi) is 66.7. The topological polar surface area (TPSA) is 231 Å². The zero-order chi connectivity index (χ0) is 68.1. The Morgan fingerprint density at radius 2 is 0.570 bits per heavy atom. The largest absolute Gasteiger partial charge is 0.472 e. The van der Waals surface area contributed by atoms with Gasteiger partial charge in [0.15, 0.2) is 6.10 Å². The molecule has 0 aromatic carbocycles. The normalized spacial score (nSPS) is 14.5. The van der Waals surface area contributed by atoms with Crippen molar-refractivity contribution in [1.29, 1.82) is 0 Å². The molecule has 0 aliphatic carbocycles. The van der Waals surface area contributed by atoms with Crippen LogP contribution in [0.3, 0.4) is 0 Å². The number of ether oxygens (including phenoxy) is 3. The fraction of sp³-hybridized carbons (Fsp3) is 0.800. The van der Waals surface area contributed by atoms with Gasteiger partial charge >= 0.3 is 33.6 Å². The Morgan fingerprint density at radius 3 is 0.903 bits per heavy atom. The van der Waals surface area contributed by atoms with Gasteiger partial charge < -0.3 is 34.2 Å². The molecule has 5 atom stereocenters. The van der Waals surface area contributed by atoms with Crippen molar-refractivity contribution in [3.63, 3.8) is 0 Å². The second kappa shape index (κ2) is 68.9. The molecule has 0 fully saturated rings. The Morgan fingerprint density at radius 1 is 0.312 bits per heavy atom. The van der Waals surface area contributed by atoms with Crippen molar-refractivity contribution >= 4 is 33.6 Å². The zero-order valence-electron chi connectivity index (χ0n) is 58.9. The van der Waals surface area contributed by atoms with Crippen LogP contribution in [0.25, 0.3) is 0 Å². The minimum absolute atomic E-state index is 0.113. The Labute approximate surface area is 566 Å². The summed E-state index contributed by atoms with van der Waals surface area (Å²) in [5.41, 5.74) is 0. The summed E-state index contributed by atoms with van der Waals surface area (Å²) in [6.45, 7) is 2.61. The Balaban J connectivity index is 4.51. The molecule has 0 aromatic heterocycles. The van der Waals surface area contributed by atoms with Gasteiger partial charge in [-0.2, -0.15) is 0 Å². The van der Waals surface area contributed by atoms with Gasteiger partial charge in [-0.25, -0.2) is 9.13 Å². The maximum Gasteiger partial charge on any atom is 0.472 e. The van der Waals surface area contributed by atoms with E-state index in [0.717, 1.165) is 116 Å². The predicted octanol–water partition coefficient (Wildman–Crippen LogP) is 21.1. The lowest BCUT2D eigenvalue weighted by Gasteiger charge is -2.21. The minimum Gasteiger partial charge on any atom is -0.463 e. The smallest absolute Gasteiger partial charge is 0.463 e. The Bertz CT molecular complexity index is 1990. The second-order valence-corrected chi connectivity index (χ2v) is 28.0. The molecule has 0 aromatic rings. The van der Waals surface area contributed by atoms with E-state index in [1.165, 1.54) is 154 Å². The van der Waals surface area contributed by atoms with Crippen LogP contribution >= 0.6 is 15.6 Å². The van der Waals surface area contributed by atoms with Gasteiger partial charge in [-0.3, -0.25) is 32.5 Å². The molecule has 0 saturated carbocycles. The summed E-state index contributed by atoms with van der Waals surface area (Å²) in [5, 5.41) is 20.6. The highest BCUT2D eigenvalue weighted by Gasteiger charge is 2.29. The van der Waals surface area contributed by atoms with Crippen molar-refractivity contribution in [1.82, 2.24) is 0 Å². The van der Waals surface area contributed by atoms with Crippen LogP contribution in [-0.2, 0) is 55.8 Å². The van der Waals surface area contributed by atoms with E-state index in [4.69, 9.17) is 32.3 Å². The number of aliphatic hydroxyl groups excluding tert-OH is 2. The van der Waals surface area contributed by atoms with Crippen molar-refractivity contribution < 1.29 is 75.8 Å². The number of carbonyl (C=O) groups excluding carboxylic acids is 3. The molecule has 5 unspecified atom stereocenters. The zero-order valence-corrected chi connectivity index (χ0v) is 60.7. The molecule has 0 aliphatic rings. The lowest BCUT2D eigenvalue weighted by molar-refractivity contribution is -0.161. The second-order valence-electron chi connectivity index (χ2n) is 25.1. The van der Waals surface area contributed by atoms with Gasteiger partial charge in [-0.05, 0) is 70.6 Å². The summed E-state index contributed by atoms with van der Waals surface area (Å²) in [5.74, 6) is -1.56. The molecule has 18 heteroatoms. The van der Waals surface area contributed by atoms with E-state index < -0.39 is 91.5 Å². The number of phosphoric acid groups is 2. The van der Waals surface area contributed by atoms with E-state index in [1.54, 1.807) is 0 Å². The van der Waals surface area contributed by atoms with Crippen molar-refractivity contribution in [2.75, 3.05) is 39.6 Å². The van der Waals surface area contributed by atoms with E-state index in [0.29, 0.717) is 19.3 Å². The van der Waals surface area contributed by atoms with Gasteiger partial charge in [0.25, 0.3) is 0 Å². The molecule has 0 rings (SSSR count). The summed E-state index contributed by atoms with van der Waals surface area (Å²) in [6.07, 6.45) is 73.7. The van der Waals surface area contributed by atoms with Gasteiger partial charge in [0.2, 0.25) is 0 Å². The predicted molar refractivity (Wildman–Crippen MR) is 381 cm³/mol. The molecule has 16 nitrogen and oxygen atoms in total. The van der Waals surface area contributed by atoms with Crippen LogP contribution < -0.4 is 0 Å². The van der Waals surface area contributed by atoms with Gasteiger partial charge in [0.1, 0.15) is 25.4 Å². The van der Waals surface area contributed by atoms with Gasteiger partial charge in [0, 0.05) is 19.3 Å². The molecule has 93 heavy (non-hydrogen) atoms. The SMILES string of the molecule is CC/C=C\C/C=C\C/C=C\C/C=C\C/C=C\C/C=C\CCCCCCCCCCC(=O)OCC(O)COP(=O)(O)OCC(O)COP(=O)(O)OCC(COC(=O)CCCCCCCCCCCCCCCCC)OC(=O)CCCCCCCCCCCCCCCCC. The summed E-state index contributed by atoms with van der Waals surface area (Å²) in [6, 6.07) is 0. The minimum atomic E-state index is -4.92. The number of rotatable bonds is 71. The summed E-state index contributed by atoms with van der Waals surface area (Å²) < 4.78 is 61.0. The highest BCUT2D eigenvalue weighted by molar-refractivity contribution is 7.47. The van der Waals surface area contributed by atoms with Crippen LogP contribution in [0.15, 0.2) is 72.9 Å². The first-order valence-electron chi connectivity index (χ1n) is 37.2. The molecule has 542 valence electrons. The highest BCUT2D eigenvalue weighted by Crippen LogP contribution is 2.45. The Hall–Kier alpha value is -3.01. The van der Waals surface area contributed by atoms with E-state index in [-0.39, 0.29) is 19.3 Å². The van der Waals surface area contributed by atoms with Crippen molar-refractivity contribution in [2.24, 2.45) is 0 Å². The number of hydrogen-bond acceptors (Lipinski definition) is 14. The molecule has 4 N–H and O–H groups in total. The van der Waals surface area contributed by atoms with Crippen LogP contribution in [0.5, 0.6) is 0 Å². The number of carbonyl (C=O) groups is 3. The van der Waals surface area contributed by atoms with Crippen LogP contribution in [0.2, 0.25) is 0 Å². The fourth-order valence-electron chi connectivity index (χ4n) is 10.3. The average molecular weight is 1360 g/mol. The van der Waals surface area contributed by atoms with E-state index in [2.05, 4.69) is 93.7 Å². The first-order valence-corrected chi connectivity index (χ1v) is 40.2. The fourth-order valence-corrected chi connectivity index (χ4v) is 11.9. The average Bonchev–Trinajstić information content (AvgIpc) is 3.71. The van der Waals surface area contributed by atoms with E-state index in [9.17, 15) is 43.5 Å². The van der Waals surface area contributed by atoms with Crippen molar-refractivity contribution in [3.05, 3.63) is 72.9 Å². The number of unbranched alkanes of at least 4 members (excludes halogenated alkanes) is 36. The lowest BCUT2D eigenvalue weighted by atomic mass is 10.0. The summed E-state index contributed by atoms with van der Waals surface area (Å²) in [7, 11) is -9.77. The number of aliphatic hydroxyl groups is 2. The van der Waals surface area contributed by atoms with Gasteiger partial charge in [0.05, 0.1) is 26.4 Å². The molecule has 0 spiro atoms. The monoisotopic (exact) mass is 1350 g/mol. The first-order chi connectivity index (χ1) is 45.2. The molecular formula is C75H136O16P2. The first kappa shape index (κ1) is 90.0. The van der Waals surface area contributed by atoms with E-state index in [1.807, 2.05) is 0 Å². The third kappa shape index (κ3) is 70.1. The number of phosphoric ester groups is 2. The van der Waals surface area contributed by atoms with Gasteiger partial charge in [-0.1, -0.05) is 312 Å². The third-order valence-electron chi connectivity index (χ3n) is 15.9. The maximum absolute atomic E-state index is 12.9. The summed E-state index contributed by atoms with van der Waals surface area (Å²) in [4.78, 5) is 58.5. The summed E-state index contributed by atoms with van der Waals surface area (Å²) >= 11 is 0. The molecule has 0 radical (unpaired) electrons. The lowest BCUT2D eigenvalue weighted by Crippen LogP contribution is -2.30. The van der Waals surface area contributed by atoms with Crippen LogP contribution in [0.4, 0.5) is 0 Å². The molecule has 0 heterocycles. The standard InChI is InChI=1S/C75H136O16P2/c1-4-7-10-13-16-19-22-25-28-29-30-31-32-33-34-35-36-37-38-39-42-44-46-49-52-55-58-61-73(78)85-64-70(76)65-87-92(81,82)88-66-71(77)67-89-93(83,84)90-69-72(91-75(80)63-60-57-54-51-48-45-41-27-24-21-18-15-12-9-6-3)68-86-74(79)62-59-56-53-50-47-43-40-26-23-20-17-14-11-8-5-2/h7,10,16,19,25,28,30-31,33-34,36-37,70-72,76-77H,4-6,8-9,11-15,17-18,20-24,26-27,29,32,35,38-69H2,1-3H3,(H,81,82)(H,83,84)/b10-7-,19-16-,28-25-,31-30-,34-33-,37-36-. The van der Waals surface area contributed by atoms with Crippen molar-refractivity contribution in [2.45, 2.75) is 347 Å². The van der Waals surface area contributed by atoms with E-state index >= 15 is 0 Å². The van der Waals surface area contributed by atoms with Crippen molar-refractivity contribution in [3.8, 4) is 0 Å². The van der Waals surface area contributed by atoms with Crippen LogP contribution in [0, 0.1) is 0 Å². The quantitative estimate of drug-likeness (QED) is 0.0146. The molecular weight excluding hydrogens is 1220 g/mol. The van der Waals surface area contributed by atoms with Crippen LogP contribution in [0.1, 0.15) is 329 Å². The van der Waals surface area contributed by atoms with Gasteiger partial charge in [-0.15, -0.1) is 0 Å². The molecule has 0 saturated heterocycles. The number of allylic oxidation sites excluding steroid dienone is 12. The molecule has 0 aliphatic heterocycles. The highest BCUT2D eigenvalue weighted by atomic mass is 31.2. The maximum atomic E-state index is 12.9.